The monoisotopic (exact) mass is 234 g/mol. The Bertz CT molecular complexity index is 514. The quantitative estimate of drug-likeness (QED) is 0.866. The van der Waals surface area contributed by atoms with Crippen LogP contribution in [0.4, 0.5) is 5.82 Å². The van der Waals surface area contributed by atoms with E-state index in [0.717, 1.165) is 11.3 Å². The number of halogens is 1. The highest BCUT2D eigenvalue weighted by Crippen LogP contribution is 2.26. The summed E-state index contributed by atoms with van der Waals surface area (Å²) in [5.41, 5.74) is 6.52. The molecule has 1 aromatic carbocycles. The summed E-state index contributed by atoms with van der Waals surface area (Å²) in [7, 11) is 0. The molecule has 82 valence electrons. The number of anilines is 1. The molecule has 0 fully saturated rings. The van der Waals surface area contributed by atoms with Crippen molar-refractivity contribution in [3.05, 3.63) is 47.0 Å². The average Bonchev–Trinajstić information content (AvgIpc) is 2.22. The van der Waals surface area contributed by atoms with Crippen molar-refractivity contribution in [1.29, 1.82) is 0 Å². The lowest BCUT2D eigenvalue weighted by molar-refractivity contribution is 0.460. The molecule has 0 bridgehead atoms. The third-order valence-electron chi connectivity index (χ3n) is 2.10. The molecule has 0 saturated heterocycles. The lowest BCUT2D eigenvalue weighted by atomic mass is 10.2. The van der Waals surface area contributed by atoms with Crippen molar-refractivity contribution in [1.82, 2.24) is 4.98 Å². The first-order chi connectivity index (χ1) is 7.65. The second-order valence-corrected chi connectivity index (χ2v) is 3.85. The van der Waals surface area contributed by atoms with Gasteiger partial charge in [-0.05, 0) is 36.8 Å². The zero-order chi connectivity index (χ0) is 11.5. The zero-order valence-corrected chi connectivity index (χ0v) is 9.53. The Hall–Kier alpha value is -1.74. The molecule has 3 nitrogen and oxygen atoms in total. The van der Waals surface area contributed by atoms with Crippen LogP contribution in [0.5, 0.6) is 11.6 Å². The number of rotatable bonds is 2. The standard InChI is InChI=1S/C12H11ClN2O/c1-8-7-9(13)5-6-10(8)16-12-4-2-3-11(14)15-12/h2-7H,1H3,(H2,14,15). The maximum absolute atomic E-state index is 5.85. The molecule has 0 aliphatic heterocycles. The number of aryl methyl sites for hydroxylation is 1. The predicted octanol–water partition coefficient (Wildman–Crippen LogP) is 3.42. The maximum atomic E-state index is 5.85. The summed E-state index contributed by atoms with van der Waals surface area (Å²) in [4.78, 5) is 4.05. The van der Waals surface area contributed by atoms with E-state index in [1.807, 2.05) is 19.1 Å². The maximum Gasteiger partial charge on any atom is 0.221 e. The fraction of sp³-hybridized carbons (Fsp3) is 0.0833. The fourth-order valence-electron chi connectivity index (χ4n) is 1.33. The Kier molecular flexibility index (Phi) is 2.97. The molecule has 16 heavy (non-hydrogen) atoms. The minimum absolute atomic E-state index is 0.434. The van der Waals surface area contributed by atoms with E-state index in [0.29, 0.717) is 16.7 Å². The molecule has 0 spiro atoms. The van der Waals surface area contributed by atoms with Gasteiger partial charge in [0.2, 0.25) is 5.88 Å². The molecule has 0 radical (unpaired) electrons. The smallest absolute Gasteiger partial charge is 0.221 e. The van der Waals surface area contributed by atoms with Gasteiger partial charge in [-0.2, -0.15) is 4.98 Å². The largest absolute Gasteiger partial charge is 0.439 e. The van der Waals surface area contributed by atoms with Crippen molar-refractivity contribution in [2.24, 2.45) is 0 Å². The molecule has 0 aliphatic rings. The van der Waals surface area contributed by atoms with Crippen molar-refractivity contribution < 1.29 is 4.74 Å². The first-order valence-corrected chi connectivity index (χ1v) is 5.19. The van der Waals surface area contributed by atoms with Gasteiger partial charge in [0.1, 0.15) is 11.6 Å². The predicted molar refractivity (Wildman–Crippen MR) is 64.9 cm³/mol. The minimum Gasteiger partial charge on any atom is -0.439 e. The van der Waals surface area contributed by atoms with Gasteiger partial charge in [0.05, 0.1) is 0 Å². The van der Waals surface area contributed by atoms with Gasteiger partial charge in [-0.15, -0.1) is 0 Å². The molecule has 0 saturated carbocycles. The Balaban J connectivity index is 2.27. The Morgan fingerprint density at radius 2 is 2.06 bits per heavy atom. The van der Waals surface area contributed by atoms with E-state index in [1.165, 1.54) is 0 Å². The number of hydrogen-bond donors (Lipinski definition) is 1. The van der Waals surface area contributed by atoms with Crippen molar-refractivity contribution >= 4 is 17.4 Å². The summed E-state index contributed by atoms with van der Waals surface area (Å²) >= 11 is 5.85. The molecular weight excluding hydrogens is 224 g/mol. The SMILES string of the molecule is Cc1cc(Cl)ccc1Oc1cccc(N)n1. The third kappa shape index (κ3) is 2.44. The van der Waals surface area contributed by atoms with E-state index in [9.17, 15) is 0 Å². The molecule has 0 atom stereocenters. The fourth-order valence-corrected chi connectivity index (χ4v) is 1.55. The number of nitrogen functional groups attached to an aromatic ring is 1. The average molecular weight is 235 g/mol. The number of hydrogen-bond acceptors (Lipinski definition) is 3. The van der Waals surface area contributed by atoms with Gasteiger partial charge >= 0.3 is 0 Å². The molecule has 0 aliphatic carbocycles. The highest BCUT2D eigenvalue weighted by Gasteiger charge is 2.03. The van der Waals surface area contributed by atoms with E-state index in [4.69, 9.17) is 22.1 Å². The summed E-state index contributed by atoms with van der Waals surface area (Å²) in [6.07, 6.45) is 0. The van der Waals surface area contributed by atoms with Gasteiger partial charge in [-0.25, -0.2) is 0 Å². The van der Waals surface area contributed by atoms with Crippen LogP contribution in [0.25, 0.3) is 0 Å². The van der Waals surface area contributed by atoms with E-state index >= 15 is 0 Å². The lowest BCUT2D eigenvalue weighted by Crippen LogP contribution is -1.93. The highest BCUT2D eigenvalue weighted by molar-refractivity contribution is 6.30. The second-order valence-electron chi connectivity index (χ2n) is 3.41. The molecule has 0 unspecified atom stereocenters. The summed E-state index contributed by atoms with van der Waals surface area (Å²) < 4.78 is 5.60. The van der Waals surface area contributed by atoms with Crippen LogP contribution >= 0.6 is 11.6 Å². The van der Waals surface area contributed by atoms with Crippen LogP contribution in [0.15, 0.2) is 36.4 Å². The molecule has 1 heterocycles. The van der Waals surface area contributed by atoms with E-state index in [-0.39, 0.29) is 0 Å². The third-order valence-corrected chi connectivity index (χ3v) is 2.33. The second kappa shape index (κ2) is 4.41. The van der Waals surface area contributed by atoms with Crippen molar-refractivity contribution in [3.8, 4) is 11.6 Å². The van der Waals surface area contributed by atoms with Crippen molar-refractivity contribution in [3.63, 3.8) is 0 Å². The molecule has 2 rings (SSSR count). The molecule has 2 N–H and O–H groups in total. The number of benzene rings is 1. The van der Waals surface area contributed by atoms with Crippen LogP contribution < -0.4 is 10.5 Å². The van der Waals surface area contributed by atoms with Gasteiger partial charge in [-0.3, -0.25) is 0 Å². The number of nitrogens with zero attached hydrogens (tertiary/aromatic N) is 1. The number of ether oxygens (including phenoxy) is 1. The van der Waals surface area contributed by atoms with E-state index < -0.39 is 0 Å². The molecule has 0 amide bonds. The lowest BCUT2D eigenvalue weighted by Gasteiger charge is -2.08. The summed E-state index contributed by atoms with van der Waals surface area (Å²) in [6, 6.07) is 10.7. The molecule has 4 heteroatoms. The van der Waals surface area contributed by atoms with Gasteiger partial charge in [0, 0.05) is 11.1 Å². The summed E-state index contributed by atoms with van der Waals surface area (Å²) in [5, 5.41) is 0.686. The summed E-state index contributed by atoms with van der Waals surface area (Å²) in [5.74, 6) is 1.64. The van der Waals surface area contributed by atoms with Gasteiger partial charge < -0.3 is 10.5 Å². The van der Waals surface area contributed by atoms with Crippen molar-refractivity contribution in [2.45, 2.75) is 6.92 Å². The van der Waals surface area contributed by atoms with Crippen molar-refractivity contribution in [2.75, 3.05) is 5.73 Å². The number of aromatic nitrogens is 1. The normalized spacial score (nSPS) is 10.1. The molecule has 2 aromatic rings. The highest BCUT2D eigenvalue weighted by atomic mass is 35.5. The van der Waals surface area contributed by atoms with Gasteiger partial charge in [0.25, 0.3) is 0 Å². The van der Waals surface area contributed by atoms with E-state index in [2.05, 4.69) is 4.98 Å². The Labute approximate surface area is 98.8 Å². The Morgan fingerprint density at radius 1 is 1.25 bits per heavy atom. The molecule has 1 aromatic heterocycles. The Morgan fingerprint density at radius 3 is 2.75 bits per heavy atom. The number of pyridine rings is 1. The molecular formula is C12H11ClN2O. The van der Waals surface area contributed by atoms with Crippen LogP contribution in [0.2, 0.25) is 5.02 Å². The van der Waals surface area contributed by atoms with Crippen LogP contribution in [0, 0.1) is 6.92 Å². The first kappa shape index (κ1) is 10.8. The van der Waals surface area contributed by atoms with Crippen LogP contribution in [0.3, 0.4) is 0 Å². The van der Waals surface area contributed by atoms with E-state index in [1.54, 1.807) is 24.3 Å². The van der Waals surface area contributed by atoms with Crippen LogP contribution in [-0.2, 0) is 0 Å². The van der Waals surface area contributed by atoms with Crippen LogP contribution in [0.1, 0.15) is 5.56 Å². The minimum atomic E-state index is 0.434. The zero-order valence-electron chi connectivity index (χ0n) is 8.77. The first-order valence-electron chi connectivity index (χ1n) is 4.82. The van der Waals surface area contributed by atoms with Crippen LogP contribution in [-0.4, -0.2) is 4.98 Å². The van der Waals surface area contributed by atoms with Gasteiger partial charge in [-0.1, -0.05) is 17.7 Å². The van der Waals surface area contributed by atoms with Gasteiger partial charge in [0.15, 0.2) is 0 Å². The topological polar surface area (TPSA) is 48.1 Å². The number of nitrogens with two attached hydrogens (primary N) is 1. The summed E-state index contributed by atoms with van der Waals surface area (Å²) in [6.45, 7) is 1.92.